The van der Waals surface area contributed by atoms with Crippen LogP contribution in [-0.4, -0.2) is 12.7 Å². The molecule has 2 heteroatoms. The van der Waals surface area contributed by atoms with Gasteiger partial charge in [0.25, 0.3) is 0 Å². The van der Waals surface area contributed by atoms with E-state index in [9.17, 15) is 0 Å². The van der Waals surface area contributed by atoms with Gasteiger partial charge in [-0.15, -0.1) is 0 Å². The summed E-state index contributed by atoms with van der Waals surface area (Å²) in [6.45, 7) is 1.53. The molecule has 0 spiro atoms. The van der Waals surface area contributed by atoms with Crippen LogP contribution in [0.5, 0.6) is 5.75 Å². The molecule has 1 aliphatic rings. The average Bonchev–Trinajstić information content (AvgIpc) is 3.00. The molecule has 2 nitrogen and oxygen atoms in total. The zero-order chi connectivity index (χ0) is 13.6. The highest BCUT2D eigenvalue weighted by atomic mass is 16.5. The molecule has 0 amide bonds. The molecule has 0 radical (unpaired) electrons. The van der Waals surface area contributed by atoms with E-state index in [4.69, 9.17) is 9.47 Å². The number of rotatable bonds is 5. The molecule has 3 rings (SSSR count). The molecule has 1 aliphatic heterocycles. The van der Waals surface area contributed by atoms with Gasteiger partial charge in [-0.05, 0) is 42.5 Å². The van der Waals surface area contributed by atoms with Gasteiger partial charge < -0.3 is 9.47 Å². The summed E-state index contributed by atoms with van der Waals surface area (Å²) in [7, 11) is 0. The summed E-state index contributed by atoms with van der Waals surface area (Å²) in [5.74, 6) is 0.935. The van der Waals surface area contributed by atoms with Gasteiger partial charge in [-0.1, -0.05) is 42.5 Å². The maximum absolute atomic E-state index is 5.86. The first kappa shape index (κ1) is 13.2. The smallest absolute Gasteiger partial charge is 0.120 e. The van der Waals surface area contributed by atoms with Gasteiger partial charge in [0.15, 0.2) is 0 Å². The predicted octanol–water partition coefficient (Wildman–Crippen LogP) is 3.99. The number of ether oxygens (including phenoxy) is 2. The molecule has 20 heavy (non-hydrogen) atoms. The van der Waals surface area contributed by atoms with Crippen LogP contribution >= 0.6 is 0 Å². The average molecular weight is 268 g/mol. The summed E-state index contributed by atoms with van der Waals surface area (Å²) in [6.07, 6.45) is 3.74. The van der Waals surface area contributed by atoms with Crippen LogP contribution in [0.25, 0.3) is 0 Å². The van der Waals surface area contributed by atoms with Crippen LogP contribution in [-0.2, 0) is 17.8 Å². The van der Waals surface area contributed by atoms with Crippen LogP contribution < -0.4 is 4.74 Å². The Morgan fingerprint density at radius 2 is 1.85 bits per heavy atom. The molecule has 1 saturated heterocycles. The summed E-state index contributed by atoms with van der Waals surface area (Å²) < 4.78 is 11.5. The maximum Gasteiger partial charge on any atom is 0.120 e. The Kier molecular flexibility index (Phi) is 4.34. The predicted molar refractivity (Wildman–Crippen MR) is 79.9 cm³/mol. The fraction of sp³-hybridized carbons (Fsp3) is 0.333. The zero-order valence-electron chi connectivity index (χ0n) is 11.6. The molecule has 0 bridgehead atoms. The lowest BCUT2D eigenvalue weighted by molar-refractivity contribution is 0.111. The van der Waals surface area contributed by atoms with Crippen molar-refractivity contribution in [3.05, 3.63) is 65.7 Å². The zero-order valence-corrected chi connectivity index (χ0v) is 11.6. The van der Waals surface area contributed by atoms with Crippen LogP contribution in [0.4, 0.5) is 0 Å². The SMILES string of the molecule is c1ccc(COc2cccc(CC3CCCO3)c2)cc1. The van der Waals surface area contributed by atoms with E-state index >= 15 is 0 Å². The van der Waals surface area contributed by atoms with Crippen molar-refractivity contribution in [2.45, 2.75) is 32.0 Å². The Morgan fingerprint density at radius 3 is 2.65 bits per heavy atom. The van der Waals surface area contributed by atoms with Gasteiger partial charge in [0.05, 0.1) is 6.10 Å². The van der Waals surface area contributed by atoms with Gasteiger partial charge in [0, 0.05) is 6.61 Å². The Bertz CT molecular complexity index is 530. The van der Waals surface area contributed by atoms with Gasteiger partial charge in [0.2, 0.25) is 0 Å². The third-order valence-corrected chi connectivity index (χ3v) is 3.63. The number of benzene rings is 2. The molecule has 2 aromatic carbocycles. The second-order valence-electron chi connectivity index (χ2n) is 5.26. The van der Waals surface area contributed by atoms with E-state index < -0.39 is 0 Å². The van der Waals surface area contributed by atoms with Crippen molar-refractivity contribution in [1.29, 1.82) is 0 Å². The standard InChI is InChI=1S/C18H20O2/c1-2-6-15(7-3-1)14-20-18-9-4-8-16(13-18)12-17-10-5-11-19-17/h1-4,6-9,13,17H,5,10-12,14H2. The Morgan fingerprint density at radius 1 is 1.00 bits per heavy atom. The van der Waals surface area contributed by atoms with E-state index in [2.05, 4.69) is 30.3 Å². The van der Waals surface area contributed by atoms with E-state index in [1.54, 1.807) is 0 Å². The van der Waals surface area contributed by atoms with Gasteiger partial charge >= 0.3 is 0 Å². The molecular weight excluding hydrogens is 248 g/mol. The third-order valence-electron chi connectivity index (χ3n) is 3.63. The molecule has 2 aromatic rings. The van der Waals surface area contributed by atoms with E-state index in [0.29, 0.717) is 12.7 Å². The highest BCUT2D eigenvalue weighted by Gasteiger charge is 2.15. The van der Waals surface area contributed by atoms with Gasteiger partial charge in [-0.2, -0.15) is 0 Å². The summed E-state index contributed by atoms with van der Waals surface area (Å²) in [5.41, 5.74) is 2.49. The fourth-order valence-corrected chi connectivity index (χ4v) is 2.57. The first-order valence-electron chi connectivity index (χ1n) is 7.27. The minimum Gasteiger partial charge on any atom is -0.489 e. The van der Waals surface area contributed by atoms with Crippen LogP contribution in [0.2, 0.25) is 0 Å². The molecule has 1 atom stereocenters. The Hall–Kier alpha value is -1.80. The van der Waals surface area contributed by atoms with Crippen molar-refractivity contribution < 1.29 is 9.47 Å². The van der Waals surface area contributed by atoms with Crippen molar-refractivity contribution in [2.75, 3.05) is 6.61 Å². The monoisotopic (exact) mass is 268 g/mol. The quantitative estimate of drug-likeness (QED) is 0.816. The molecule has 1 fully saturated rings. The highest BCUT2D eigenvalue weighted by molar-refractivity contribution is 5.29. The lowest BCUT2D eigenvalue weighted by Crippen LogP contribution is -2.08. The van der Waals surface area contributed by atoms with Crippen LogP contribution in [0, 0.1) is 0 Å². The lowest BCUT2D eigenvalue weighted by Gasteiger charge is -2.11. The molecular formula is C18H20O2. The van der Waals surface area contributed by atoms with E-state index in [1.807, 2.05) is 24.3 Å². The largest absolute Gasteiger partial charge is 0.489 e. The Balaban J connectivity index is 1.59. The number of hydrogen-bond acceptors (Lipinski definition) is 2. The summed E-state index contributed by atoms with van der Waals surface area (Å²) in [6, 6.07) is 18.6. The van der Waals surface area contributed by atoms with Crippen LogP contribution in [0.1, 0.15) is 24.0 Å². The topological polar surface area (TPSA) is 18.5 Å². The lowest BCUT2D eigenvalue weighted by atomic mass is 10.1. The van der Waals surface area contributed by atoms with E-state index in [0.717, 1.165) is 18.8 Å². The molecule has 104 valence electrons. The normalized spacial score (nSPS) is 18.1. The fourth-order valence-electron chi connectivity index (χ4n) is 2.57. The first-order chi connectivity index (χ1) is 9.90. The Labute approximate surface area is 120 Å². The molecule has 0 aromatic heterocycles. The summed E-state index contributed by atoms with van der Waals surface area (Å²) in [5, 5.41) is 0. The van der Waals surface area contributed by atoms with Crippen molar-refractivity contribution in [1.82, 2.24) is 0 Å². The highest BCUT2D eigenvalue weighted by Crippen LogP contribution is 2.20. The summed E-state index contributed by atoms with van der Waals surface area (Å²) in [4.78, 5) is 0. The third kappa shape index (κ3) is 3.61. The molecule has 0 saturated carbocycles. The van der Waals surface area contributed by atoms with Crippen LogP contribution in [0.15, 0.2) is 54.6 Å². The summed E-state index contributed by atoms with van der Waals surface area (Å²) >= 11 is 0. The minimum atomic E-state index is 0.388. The van der Waals surface area contributed by atoms with Crippen LogP contribution in [0.3, 0.4) is 0 Å². The van der Waals surface area contributed by atoms with Gasteiger partial charge in [0.1, 0.15) is 12.4 Å². The maximum atomic E-state index is 5.86. The van der Waals surface area contributed by atoms with Crippen molar-refractivity contribution in [2.24, 2.45) is 0 Å². The molecule has 1 unspecified atom stereocenters. The van der Waals surface area contributed by atoms with Gasteiger partial charge in [-0.3, -0.25) is 0 Å². The second kappa shape index (κ2) is 6.58. The van der Waals surface area contributed by atoms with Crippen molar-refractivity contribution in [3.63, 3.8) is 0 Å². The van der Waals surface area contributed by atoms with Gasteiger partial charge in [-0.25, -0.2) is 0 Å². The first-order valence-corrected chi connectivity index (χ1v) is 7.27. The van der Waals surface area contributed by atoms with Crippen molar-refractivity contribution in [3.8, 4) is 5.75 Å². The van der Waals surface area contributed by atoms with E-state index in [-0.39, 0.29) is 0 Å². The molecule has 0 aliphatic carbocycles. The van der Waals surface area contributed by atoms with Crippen molar-refractivity contribution >= 4 is 0 Å². The minimum absolute atomic E-state index is 0.388. The second-order valence-corrected chi connectivity index (χ2v) is 5.26. The number of hydrogen-bond donors (Lipinski definition) is 0. The molecule has 0 N–H and O–H groups in total. The van der Waals surface area contributed by atoms with E-state index in [1.165, 1.54) is 24.0 Å². The molecule has 1 heterocycles.